The summed E-state index contributed by atoms with van der Waals surface area (Å²) in [6, 6.07) is 3.66. The molecule has 34 heavy (non-hydrogen) atoms. The van der Waals surface area contributed by atoms with E-state index < -0.39 is 6.10 Å². The SMILES string of the molecule is CCOC(=O)N1CCC(NC(=O)c2oc3ccc4c(c3c2C)[C@H](O)CC2(CCCCC2)O4)CC1. The van der Waals surface area contributed by atoms with Crippen LogP contribution in [-0.2, 0) is 4.74 Å². The summed E-state index contributed by atoms with van der Waals surface area (Å²) < 4.78 is 17.5. The van der Waals surface area contributed by atoms with Gasteiger partial charge in [-0.3, -0.25) is 4.79 Å². The Balaban J connectivity index is 1.34. The highest BCUT2D eigenvalue weighted by Crippen LogP contribution is 2.49. The van der Waals surface area contributed by atoms with Crippen LogP contribution in [0.25, 0.3) is 11.0 Å². The lowest BCUT2D eigenvalue weighted by atomic mass is 9.77. The fourth-order valence-corrected chi connectivity index (χ4v) is 5.89. The number of benzene rings is 1. The van der Waals surface area contributed by atoms with E-state index >= 15 is 0 Å². The number of rotatable bonds is 3. The first-order chi connectivity index (χ1) is 16.4. The Morgan fingerprint density at radius 2 is 1.94 bits per heavy atom. The molecule has 1 aromatic heterocycles. The highest BCUT2D eigenvalue weighted by molar-refractivity contribution is 6.00. The number of piperidine rings is 1. The summed E-state index contributed by atoms with van der Waals surface area (Å²) >= 11 is 0. The van der Waals surface area contributed by atoms with Crippen LogP contribution in [0.15, 0.2) is 16.5 Å². The van der Waals surface area contributed by atoms with Crippen LogP contribution in [0.2, 0.25) is 0 Å². The van der Waals surface area contributed by atoms with Crippen molar-refractivity contribution in [1.29, 1.82) is 0 Å². The molecule has 3 aliphatic rings. The van der Waals surface area contributed by atoms with Gasteiger partial charge in [-0.05, 0) is 64.5 Å². The number of aliphatic hydroxyl groups is 1. The fourth-order valence-electron chi connectivity index (χ4n) is 5.89. The van der Waals surface area contributed by atoms with Crippen LogP contribution in [0.4, 0.5) is 4.79 Å². The summed E-state index contributed by atoms with van der Waals surface area (Å²) in [6.45, 7) is 5.09. The lowest BCUT2D eigenvalue weighted by Crippen LogP contribution is -2.46. The predicted molar refractivity (Wildman–Crippen MR) is 126 cm³/mol. The average Bonchev–Trinajstić information content (AvgIpc) is 3.16. The summed E-state index contributed by atoms with van der Waals surface area (Å²) in [5.41, 5.74) is 1.75. The van der Waals surface area contributed by atoms with Gasteiger partial charge in [-0.2, -0.15) is 0 Å². The Labute approximate surface area is 199 Å². The van der Waals surface area contributed by atoms with E-state index in [2.05, 4.69) is 5.32 Å². The van der Waals surface area contributed by atoms with Crippen molar-refractivity contribution in [2.75, 3.05) is 19.7 Å². The molecule has 1 aromatic carbocycles. The van der Waals surface area contributed by atoms with Gasteiger partial charge >= 0.3 is 6.09 Å². The number of hydrogen-bond donors (Lipinski definition) is 2. The van der Waals surface area contributed by atoms with Crippen LogP contribution in [0.5, 0.6) is 5.75 Å². The van der Waals surface area contributed by atoms with Crippen molar-refractivity contribution in [2.45, 2.75) is 83.0 Å². The third kappa shape index (κ3) is 4.13. The largest absolute Gasteiger partial charge is 0.487 e. The van der Waals surface area contributed by atoms with Crippen LogP contribution in [0.1, 0.15) is 86.1 Å². The van der Waals surface area contributed by atoms with Gasteiger partial charge in [0.2, 0.25) is 0 Å². The minimum atomic E-state index is -0.648. The van der Waals surface area contributed by atoms with Gasteiger partial charge in [0.05, 0.1) is 12.7 Å². The number of amides is 2. The summed E-state index contributed by atoms with van der Waals surface area (Å²) in [5, 5.41) is 15.0. The number of nitrogens with zero attached hydrogens (tertiary/aromatic N) is 1. The van der Waals surface area contributed by atoms with Crippen molar-refractivity contribution < 1.29 is 28.6 Å². The van der Waals surface area contributed by atoms with Crippen LogP contribution in [-0.4, -0.2) is 53.3 Å². The number of likely N-dealkylation sites (tertiary alicyclic amines) is 1. The zero-order valence-corrected chi connectivity index (χ0v) is 20.0. The number of carbonyl (C=O) groups excluding carboxylic acids is 2. The standard InChI is InChI=1S/C26H34N2O6/c1-3-32-25(31)28-13-9-17(10-14-28)27-24(30)23-16(2)21-19(33-23)7-8-20-22(21)18(29)15-26(34-20)11-5-4-6-12-26/h7-8,17-18,29H,3-6,9-15H2,1-2H3,(H,27,30)/t18-/m1/s1. The first-order valence-electron chi connectivity index (χ1n) is 12.6. The second kappa shape index (κ2) is 9.13. The van der Waals surface area contributed by atoms with E-state index in [1.54, 1.807) is 11.8 Å². The molecule has 2 amide bonds. The number of aryl methyl sites for hydroxylation is 1. The summed E-state index contributed by atoms with van der Waals surface area (Å²) in [6.07, 6.45) is 6.34. The summed E-state index contributed by atoms with van der Waals surface area (Å²) in [5.74, 6) is 0.698. The van der Waals surface area contributed by atoms with Gasteiger partial charge in [0.25, 0.3) is 5.91 Å². The van der Waals surface area contributed by atoms with E-state index in [-0.39, 0.29) is 29.4 Å². The molecule has 8 nitrogen and oxygen atoms in total. The molecule has 5 rings (SSSR count). The molecule has 1 aliphatic carbocycles. The minimum absolute atomic E-state index is 0.0419. The zero-order valence-electron chi connectivity index (χ0n) is 20.0. The number of hydrogen-bond acceptors (Lipinski definition) is 6. The second-order valence-electron chi connectivity index (χ2n) is 9.91. The van der Waals surface area contributed by atoms with E-state index in [0.29, 0.717) is 50.3 Å². The van der Waals surface area contributed by atoms with Crippen LogP contribution in [0, 0.1) is 6.92 Å². The van der Waals surface area contributed by atoms with E-state index in [1.165, 1.54) is 6.42 Å². The molecule has 1 saturated carbocycles. The molecular weight excluding hydrogens is 436 g/mol. The maximum Gasteiger partial charge on any atom is 0.409 e. The van der Waals surface area contributed by atoms with E-state index in [4.69, 9.17) is 13.9 Å². The van der Waals surface area contributed by atoms with Crippen molar-refractivity contribution >= 4 is 23.0 Å². The zero-order chi connectivity index (χ0) is 23.9. The van der Waals surface area contributed by atoms with Crippen molar-refractivity contribution in [3.05, 3.63) is 29.0 Å². The van der Waals surface area contributed by atoms with Gasteiger partial charge in [0, 0.05) is 42.1 Å². The van der Waals surface area contributed by atoms with Gasteiger partial charge in [0.1, 0.15) is 16.9 Å². The molecule has 2 aliphatic heterocycles. The Bertz CT molecular complexity index is 1080. The van der Waals surface area contributed by atoms with Gasteiger partial charge < -0.3 is 29.2 Å². The first-order valence-corrected chi connectivity index (χ1v) is 12.6. The molecule has 0 bridgehead atoms. The summed E-state index contributed by atoms with van der Waals surface area (Å²) in [7, 11) is 0. The van der Waals surface area contributed by atoms with Crippen molar-refractivity contribution in [3.8, 4) is 5.75 Å². The third-order valence-electron chi connectivity index (χ3n) is 7.65. The molecule has 3 heterocycles. The molecular formula is C26H34N2O6. The molecule has 2 aromatic rings. The Hall–Kier alpha value is -2.74. The quantitative estimate of drug-likeness (QED) is 0.679. The highest BCUT2D eigenvalue weighted by atomic mass is 16.6. The van der Waals surface area contributed by atoms with Gasteiger partial charge in [0.15, 0.2) is 5.76 Å². The number of carbonyl (C=O) groups is 2. The molecule has 2 fully saturated rings. The first kappa shape index (κ1) is 23.0. The Kier molecular flexibility index (Phi) is 6.18. The number of ether oxygens (including phenoxy) is 2. The molecule has 8 heteroatoms. The fraction of sp³-hybridized carbons (Fsp3) is 0.615. The molecule has 1 spiro atoms. The molecule has 2 N–H and O–H groups in total. The van der Waals surface area contributed by atoms with E-state index in [1.807, 2.05) is 19.1 Å². The summed E-state index contributed by atoms with van der Waals surface area (Å²) in [4.78, 5) is 26.7. The van der Waals surface area contributed by atoms with Crippen LogP contribution >= 0.6 is 0 Å². The lowest BCUT2D eigenvalue weighted by Gasteiger charge is -2.43. The molecule has 1 saturated heterocycles. The third-order valence-corrected chi connectivity index (χ3v) is 7.65. The lowest BCUT2D eigenvalue weighted by molar-refractivity contribution is -0.0374. The maximum absolute atomic E-state index is 13.1. The molecule has 1 atom stereocenters. The average molecular weight is 471 g/mol. The van der Waals surface area contributed by atoms with Gasteiger partial charge in [-0.25, -0.2) is 4.79 Å². The number of furan rings is 1. The molecule has 0 unspecified atom stereocenters. The monoisotopic (exact) mass is 470 g/mol. The maximum atomic E-state index is 13.1. The van der Waals surface area contributed by atoms with E-state index in [0.717, 1.165) is 42.2 Å². The van der Waals surface area contributed by atoms with Crippen molar-refractivity contribution in [1.82, 2.24) is 10.2 Å². The van der Waals surface area contributed by atoms with Crippen LogP contribution in [0.3, 0.4) is 0 Å². The predicted octanol–water partition coefficient (Wildman–Crippen LogP) is 4.61. The normalized spacial score (nSPS) is 22.3. The number of nitrogens with one attached hydrogen (secondary N) is 1. The topological polar surface area (TPSA) is 101 Å². The van der Waals surface area contributed by atoms with E-state index in [9.17, 15) is 14.7 Å². The van der Waals surface area contributed by atoms with Crippen LogP contribution < -0.4 is 10.1 Å². The van der Waals surface area contributed by atoms with Gasteiger partial charge in [-0.15, -0.1) is 0 Å². The highest BCUT2D eigenvalue weighted by Gasteiger charge is 2.42. The van der Waals surface area contributed by atoms with Crippen molar-refractivity contribution in [3.63, 3.8) is 0 Å². The molecule has 0 radical (unpaired) electrons. The minimum Gasteiger partial charge on any atom is -0.487 e. The second-order valence-corrected chi connectivity index (χ2v) is 9.91. The Morgan fingerprint density at radius 1 is 1.21 bits per heavy atom. The molecule has 184 valence electrons. The van der Waals surface area contributed by atoms with Crippen molar-refractivity contribution in [2.24, 2.45) is 0 Å². The number of fused-ring (bicyclic) bond motifs is 3. The number of aliphatic hydroxyl groups excluding tert-OH is 1. The Morgan fingerprint density at radius 3 is 2.65 bits per heavy atom. The van der Waals surface area contributed by atoms with Gasteiger partial charge in [-0.1, -0.05) is 6.42 Å². The smallest absolute Gasteiger partial charge is 0.409 e.